The summed E-state index contributed by atoms with van der Waals surface area (Å²) in [5.41, 5.74) is -0.502. The second kappa shape index (κ2) is 7.05. The molecule has 3 aromatic rings. The fourth-order valence-electron chi connectivity index (χ4n) is 2.34. The van der Waals surface area contributed by atoms with Crippen molar-refractivity contribution in [2.75, 3.05) is 5.32 Å². The molecule has 1 heterocycles. The van der Waals surface area contributed by atoms with Crippen molar-refractivity contribution >= 4 is 23.2 Å². The maximum atomic E-state index is 14.0. The van der Waals surface area contributed by atoms with Crippen LogP contribution >= 0.6 is 11.6 Å². The molecule has 0 aliphatic carbocycles. The monoisotopic (exact) mass is 375 g/mol. The van der Waals surface area contributed by atoms with E-state index in [4.69, 9.17) is 11.6 Å². The summed E-state index contributed by atoms with van der Waals surface area (Å²) in [5, 5.41) is 6.35. The molecule has 5 nitrogen and oxygen atoms in total. The highest BCUT2D eigenvalue weighted by Crippen LogP contribution is 2.22. The van der Waals surface area contributed by atoms with Gasteiger partial charge in [-0.05, 0) is 37.3 Å². The molecule has 1 amide bonds. The molecule has 2 aromatic carbocycles. The summed E-state index contributed by atoms with van der Waals surface area (Å²) in [4.78, 5) is 24.6. The highest BCUT2D eigenvalue weighted by Gasteiger charge is 2.17. The number of rotatable bonds is 3. The number of hydrogen-bond donors (Lipinski definition) is 1. The fourth-order valence-corrected chi connectivity index (χ4v) is 2.56. The van der Waals surface area contributed by atoms with Crippen molar-refractivity contribution < 1.29 is 13.6 Å². The van der Waals surface area contributed by atoms with Crippen LogP contribution in [0.4, 0.5) is 14.5 Å². The third-order valence-corrected chi connectivity index (χ3v) is 3.90. The first-order chi connectivity index (χ1) is 12.4. The first-order valence-corrected chi connectivity index (χ1v) is 7.87. The van der Waals surface area contributed by atoms with E-state index < -0.39 is 28.7 Å². The van der Waals surface area contributed by atoms with E-state index in [0.29, 0.717) is 5.69 Å². The van der Waals surface area contributed by atoms with E-state index in [2.05, 4.69) is 10.4 Å². The van der Waals surface area contributed by atoms with Gasteiger partial charge in [0.25, 0.3) is 5.91 Å². The van der Waals surface area contributed by atoms with Gasteiger partial charge in [-0.25, -0.2) is 13.5 Å². The summed E-state index contributed by atoms with van der Waals surface area (Å²) in [6.45, 7) is 1.57. The van der Waals surface area contributed by atoms with Crippen molar-refractivity contribution in [1.29, 1.82) is 0 Å². The Labute approximate surface area is 151 Å². The molecule has 1 aromatic heterocycles. The summed E-state index contributed by atoms with van der Waals surface area (Å²) < 4.78 is 28.3. The number of nitrogens with one attached hydrogen (secondary N) is 1. The molecular formula is C18H12ClF2N3O2. The van der Waals surface area contributed by atoms with E-state index in [1.165, 1.54) is 30.3 Å². The van der Waals surface area contributed by atoms with Crippen molar-refractivity contribution in [3.05, 3.63) is 86.8 Å². The van der Waals surface area contributed by atoms with Crippen LogP contribution in [0.2, 0.25) is 5.02 Å². The number of aromatic nitrogens is 2. The number of anilines is 1. The molecule has 0 fully saturated rings. The fraction of sp³-hybridized carbons (Fsp3) is 0.0556. The summed E-state index contributed by atoms with van der Waals surface area (Å²) >= 11 is 5.87. The zero-order chi connectivity index (χ0) is 18.8. The number of amides is 1. The third kappa shape index (κ3) is 3.48. The summed E-state index contributed by atoms with van der Waals surface area (Å²) in [7, 11) is 0. The first-order valence-electron chi connectivity index (χ1n) is 7.49. The maximum absolute atomic E-state index is 14.0. The molecule has 1 N–H and O–H groups in total. The molecule has 0 unspecified atom stereocenters. The van der Waals surface area contributed by atoms with Crippen molar-refractivity contribution in [2.24, 2.45) is 0 Å². The molecule has 26 heavy (non-hydrogen) atoms. The molecule has 8 heteroatoms. The van der Waals surface area contributed by atoms with Gasteiger partial charge in [-0.15, -0.1) is 0 Å². The van der Waals surface area contributed by atoms with Gasteiger partial charge in [0.1, 0.15) is 17.3 Å². The number of hydrogen-bond acceptors (Lipinski definition) is 3. The predicted octanol–water partition coefficient (Wildman–Crippen LogP) is 3.72. The molecule has 0 saturated heterocycles. The second-order valence-corrected chi connectivity index (χ2v) is 5.85. The largest absolute Gasteiger partial charge is 0.319 e. The van der Waals surface area contributed by atoms with Crippen molar-refractivity contribution in [3.8, 4) is 5.69 Å². The van der Waals surface area contributed by atoms with E-state index in [9.17, 15) is 18.4 Å². The lowest BCUT2D eigenvalue weighted by Crippen LogP contribution is -2.27. The van der Waals surface area contributed by atoms with E-state index in [1.807, 2.05) is 0 Å². The second-order valence-electron chi connectivity index (χ2n) is 5.44. The van der Waals surface area contributed by atoms with Gasteiger partial charge < -0.3 is 5.32 Å². The van der Waals surface area contributed by atoms with Gasteiger partial charge in [0.15, 0.2) is 5.69 Å². The van der Waals surface area contributed by atoms with E-state index in [-0.39, 0.29) is 16.4 Å². The van der Waals surface area contributed by atoms with Crippen LogP contribution < -0.4 is 10.7 Å². The molecular weight excluding hydrogens is 364 g/mol. The number of benzene rings is 2. The SMILES string of the molecule is Cc1cc(=O)c(C(=O)Nc2ccc(F)cc2Cl)nn1-c1ccccc1F. The van der Waals surface area contributed by atoms with Gasteiger partial charge in [-0.2, -0.15) is 5.10 Å². The zero-order valence-corrected chi connectivity index (χ0v) is 14.2. The number of nitrogens with zero attached hydrogens (tertiary/aromatic N) is 2. The molecule has 0 aliphatic rings. The van der Waals surface area contributed by atoms with Crippen LogP contribution in [0, 0.1) is 18.6 Å². The normalized spacial score (nSPS) is 10.6. The minimum absolute atomic E-state index is 0.0279. The van der Waals surface area contributed by atoms with Crippen LogP contribution in [0.3, 0.4) is 0 Å². The standard InChI is InChI=1S/C18H12ClF2N3O2/c1-10-8-16(25)17(23-24(10)15-5-3-2-4-13(15)21)18(26)22-14-7-6-11(20)9-12(14)19/h2-9H,1H3,(H,22,26). The Morgan fingerprint density at radius 3 is 2.58 bits per heavy atom. The highest BCUT2D eigenvalue weighted by atomic mass is 35.5. The van der Waals surface area contributed by atoms with Gasteiger partial charge in [0.2, 0.25) is 5.43 Å². The Balaban J connectivity index is 2.02. The highest BCUT2D eigenvalue weighted by molar-refractivity contribution is 6.33. The third-order valence-electron chi connectivity index (χ3n) is 3.58. The summed E-state index contributed by atoms with van der Waals surface area (Å²) in [6, 6.07) is 10.4. The van der Waals surface area contributed by atoms with Crippen LogP contribution in [0.25, 0.3) is 5.69 Å². The van der Waals surface area contributed by atoms with Gasteiger partial charge in [-0.3, -0.25) is 9.59 Å². The number of carbonyl (C=O) groups excluding carboxylic acids is 1. The van der Waals surface area contributed by atoms with Crippen LogP contribution in [-0.4, -0.2) is 15.7 Å². The van der Waals surface area contributed by atoms with Gasteiger partial charge >= 0.3 is 0 Å². The van der Waals surface area contributed by atoms with Crippen LogP contribution in [0.5, 0.6) is 0 Å². The summed E-state index contributed by atoms with van der Waals surface area (Å²) in [5.74, 6) is -1.96. The lowest BCUT2D eigenvalue weighted by atomic mass is 10.2. The average molecular weight is 376 g/mol. The van der Waals surface area contributed by atoms with E-state index in [1.54, 1.807) is 13.0 Å². The molecule has 0 saturated carbocycles. The topological polar surface area (TPSA) is 64.0 Å². The van der Waals surface area contributed by atoms with Crippen molar-refractivity contribution in [3.63, 3.8) is 0 Å². The van der Waals surface area contributed by atoms with E-state index in [0.717, 1.165) is 16.8 Å². The van der Waals surface area contributed by atoms with Crippen molar-refractivity contribution in [1.82, 2.24) is 9.78 Å². The van der Waals surface area contributed by atoms with Crippen LogP contribution in [0.15, 0.2) is 53.3 Å². The first kappa shape index (κ1) is 17.8. The Morgan fingerprint density at radius 2 is 1.88 bits per heavy atom. The lowest BCUT2D eigenvalue weighted by molar-refractivity contribution is 0.101. The maximum Gasteiger partial charge on any atom is 0.280 e. The Kier molecular flexibility index (Phi) is 4.81. The molecule has 0 atom stereocenters. The van der Waals surface area contributed by atoms with Gasteiger partial charge in [0.05, 0.1) is 10.7 Å². The molecule has 0 aliphatic heterocycles. The Bertz CT molecular complexity index is 1070. The number of carbonyl (C=O) groups is 1. The average Bonchev–Trinajstić information content (AvgIpc) is 2.58. The van der Waals surface area contributed by atoms with Crippen LogP contribution in [0.1, 0.15) is 16.2 Å². The quantitative estimate of drug-likeness (QED) is 0.758. The smallest absolute Gasteiger partial charge is 0.280 e. The minimum Gasteiger partial charge on any atom is -0.319 e. The van der Waals surface area contributed by atoms with E-state index >= 15 is 0 Å². The molecule has 0 spiro atoms. The molecule has 0 radical (unpaired) electrons. The lowest BCUT2D eigenvalue weighted by Gasteiger charge is -2.12. The summed E-state index contributed by atoms with van der Waals surface area (Å²) in [6.07, 6.45) is 0. The van der Waals surface area contributed by atoms with Gasteiger partial charge in [-0.1, -0.05) is 23.7 Å². The minimum atomic E-state index is -0.839. The Hall–Kier alpha value is -3.06. The number of para-hydroxylation sites is 1. The van der Waals surface area contributed by atoms with Gasteiger partial charge in [0, 0.05) is 11.8 Å². The van der Waals surface area contributed by atoms with Crippen molar-refractivity contribution in [2.45, 2.75) is 6.92 Å². The molecule has 132 valence electrons. The number of halogens is 3. The molecule has 3 rings (SSSR count). The van der Waals surface area contributed by atoms with Crippen LogP contribution in [-0.2, 0) is 0 Å². The zero-order valence-electron chi connectivity index (χ0n) is 13.5. The Morgan fingerprint density at radius 1 is 1.15 bits per heavy atom. The molecule has 0 bridgehead atoms. The predicted molar refractivity (Wildman–Crippen MR) is 93.9 cm³/mol. The number of aryl methyl sites for hydroxylation is 1.